The average Bonchev–Trinajstić information content (AvgIpc) is 3.23. The molecule has 0 bridgehead atoms. The Morgan fingerprint density at radius 3 is 2.62 bits per heavy atom. The fourth-order valence-corrected chi connectivity index (χ4v) is 3.40. The molecule has 7 heteroatoms. The lowest BCUT2D eigenvalue weighted by Crippen LogP contribution is -2.15. The molecule has 4 aromatic rings. The van der Waals surface area contributed by atoms with Gasteiger partial charge in [0.25, 0.3) is 5.91 Å². The van der Waals surface area contributed by atoms with Gasteiger partial charge in [0.1, 0.15) is 18.0 Å². The second-order valence-corrected chi connectivity index (χ2v) is 7.41. The van der Waals surface area contributed by atoms with Crippen LogP contribution in [0.25, 0.3) is 5.65 Å². The number of pyridine rings is 1. The molecule has 0 aliphatic rings. The molecule has 4 rings (SSSR count). The van der Waals surface area contributed by atoms with E-state index >= 15 is 0 Å². The predicted octanol–water partition coefficient (Wildman–Crippen LogP) is 4.57. The predicted molar refractivity (Wildman–Crippen MR) is 121 cm³/mol. The van der Waals surface area contributed by atoms with E-state index in [2.05, 4.69) is 10.3 Å². The van der Waals surface area contributed by atoms with E-state index in [0.717, 1.165) is 22.5 Å². The van der Waals surface area contributed by atoms with Crippen molar-refractivity contribution in [3.8, 4) is 5.75 Å². The summed E-state index contributed by atoms with van der Waals surface area (Å²) in [6.45, 7) is 4.08. The Morgan fingerprint density at radius 2 is 1.84 bits per heavy atom. The first-order valence-corrected chi connectivity index (χ1v) is 10.1. The lowest BCUT2D eigenvalue weighted by Gasteiger charge is -2.13. The van der Waals surface area contributed by atoms with Gasteiger partial charge in [-0.25, -0.2) is 9.78 Å². The van der Waals surface area contributed by atoms with E-state index in [4.69, 9.17) is 9.47 Å². The molecule has 0 saturated carbocycles. The van der Waals surface area contributed by atoms with E-state index in [1.54, 1.807) is 36.4 Å². The highest BCUT2D eigenvalue weighted by Gasteiger charge is 2.16. The first-order valence-electron chi connectivity index (χ1n) is 10.1. The van der Waals surface area contributed by atoms with Crippen molar-refractivity contribution < 1.29 is 19.1 Å². The van der Waals surface area contributed by atoms with Gasteiger partial charge in [-0.3, -0.25) is 4.79 Å². The Kier molecular flexibility index (Phi) is 5.89. The molecule has 2 aromatic carbocycles. The molecule has 0 saturated heterocycles. The SMILES string of the molecule is COC(=O)c1ccc(C)c(NC(=O)c2ccccc2OCc2cn3cccc(C)c3n2)c1. The highest BCUT2D eigenvalue weighted by atomic mass is 16.5. The zero-order valence-corrected chi connectivity index (χ0v) is 18.1. The number of para-hydroxylation sites is 1. The Hall–Kier alpha value is -4.13. The molecule has 1 amide bonds. The molecule has 0 aliphatic carbocycles. The third-order valence-electron chi connectivity index (χ3n) is 5.14. The molecule has 0 fully saturated rings. The van der Waals surface area contributed by atoms with Gasteiger partial charge in [0.15, 0.2) is 0 Å². The number of hydrogen-bond acceptors (Lipinski definition) is 5. The molecule has 0 radical (unpaired) electrons. The first-order chi connectivity index (χ1) is 15.5. The molecule has 162 valence electrons. The summed E-state index contributed by atoms with van der Waals surface area (Å²) in [5.74, 6) is -0.357. The van der Waals surface area contributed by atoms with Gasteiger partial charge in [0, 0.05) is 18.1 Å². The van der Waals surface area contributed by atoms with Crippen LogP contribution in [-0.4, -0.2) is 28.4 Å². The van der Waals surface area contributed by atoms with Crippen LogP contribution in [0.2, 0.25) is 0 Å². The van der Waals surface area contributed by atoms with Crippen LogP contribution in [0.4, 0.5) is 5.69 Å². The topological polar surface area (TPSA) is 81.9 Å². The molecule has 0 aliphatic heterocycles. The molecule has 0 unspecified atom stereocenters. The molecule has 2 heterocycles. The first kappa shape index (κ1) is 21.1. The zero-order valence-electron chi connectivity index (χ0n) is 18.1. The van der Waals surface area contributed by atoms with E-state index in [1.807, 2.05) is 48.8 Å². The van der Waals surface area contributed by atoms with Gasteiger partial charge >= 0.3 is 5.97 Å². The Balaban J connectivity index is 1.53. The quantitative estimate of drug-likeness (QED) is 0.454. The Morgan fingerprint density at radius 1 is 1.03 bits per heavy atom. The number of ether oxygens (including phenoxy) is 2. The summed E-state index contributed by atoms with van der Waals surface area (Å²) < 4.78 is 12.7. The molecule has 1 N–H and O–H groups in total. The molecular formula is C25H23N3O4. The lowest BCUT2D eigenvalue weighted by molar-refractivity contribution is 0.0600. The summed E-state index contributed by atoms with van der Waals surface area (Å²) in [5.41, 5.74) is 4.81. The van der Waals surface area contributed by atoms with Gasteiger partial charge in [-0.1, -0.05) is 24.3 Å². The number of fused-ring (bicyclic) bond motifs is 1. The van der Waals surface area contributed by atoms with Crippen LogP contribution < -0.4 is 10.1 Å². The maximum atomic E-state index is 13.0. The minimum atomic E-state index is -0.466. The van der Waals surface area contributed by atoms with Crippen molar-refractivity contribution in [2.24, 2.45) is 0 Å². The van der Waals surface area contributed by atoms with Crippen molar-refractivity contribution in [3.05, 3.63) is 94.9 Å². The van der Waals surface area contributed by atoms with Gasteiger partial charge in [0.2, 0.25) is 0 Å². The second kappa shape index (κ2) is 8.93. The lowest BCUT2D eigenvalue weighted by atomic mass is 10.1. The number of esters is 1. The number of amides is 1. The number of nitrogens with one attached hydrogen (secondary N) is 1. The van der Waals surface area contributed by atoms with Crippen molar-refractivity contribution >= 4 is 23.2 Å². The minimum Gasteiger partial charge on any atom is -0.486 e. The van der Waals surface area contributed by atoms with Crippen LogP contribution >= 0.6 is 0 Å². The van der Waals surface area contributed by atoms with Gasteiger partial charge in [0.05, 0.1) is 23.9 Å². The van der Waals surface area contributed by atoms with Crippen LogP contribution in [0.3, 0.4) is 0 Å². The van der Waals surface area contributed by atoms with Crippen molar-refractivity contribution in [2.75, 3.05) is 12.4 Å². The summed E-state index contributed by atoms with van der Waals surface area (Å²) in [6.07, 6.45) is 3.84. The van der Waals surface area contributed by atoms with E-state index < -0.39 is 5.97 Å². The van der Waals surface area contributed by atoms with E-state index in [-0.39, 0.29) is 12.5 Å². The van der Waals surface area contributed by atoms with Crippen LogP contribution in [0, 0.1) is 13.8 Å². The number of carbonyl (C=O) groups is 2. The monoisotopic (exact) mass is 429 g/mol. The van der Waals surface area contributed by atoms with E-state index in [9.17, 15) is 9.59 Å². The normalized spacial score (nSPS) is 10.7. The summed E-state index contributed by atoms with van der Waals surface area (Å²) in [6, 6.07) is 16.0. The van der Waals surface area contributed by atoms with Crippen LogP contribution in [0.15, 0.2) is 67.0 Å². The summed E-state index contributed by atoms with van der Waals surface area (Å²) in [7, 11) is 1.32. The third kappa shape index (κ3) is 4.32. The smallest absolute Gasteiger partial charge is 0.337 e. The fourth-order valence-electron chi connectivity index (χ4n) is 3.40. The summed E-state index contributed by atoms with van der Waals surface area (Å²) >= 11 is 0. The van der Waals surface area contributed by atoms with Crippen LogP contribution in [0.5, 0.6) is 5.75 Å². The number of rotatable bonds is 6. The third-order valence-corrected chi connectivity index (χ3v) is 5.14. The van der Waals surface area contributed by atoms with E-state index in [0.29, 0.717) is 22.6 Å². The number of nitrogens with zero attached hydrogens (tertiary/aromatic N) is 2. The average molecular weight is 429 g/mol. The number of imidazole rings is 1. The van der Waals surface area contributed by atoms with Crippen LogP contribution in [-0.2, 0) is 11.3 Å². The Labute approximate surface area is 185 Å². The number of hydrogen-bond donors (Lipinski definition) is 1. The van der Waals surface area contributed by atoms with Crippen LogP contribution in [0.1, 0.15) is 37.5 Å². The summed E-state index contributed by atoms with van der Waals surface area (Å²) in [4.78, 5) is 29.4. The number of carbonyl (C=O) groups excluding carboxylic acids is 2. The van der Waals surface area contributed by atoms with Gasteiger partial charge in [-0.15, -0.1) is 0 Å². The van der Waals surface area contributed by atoms with Crippen molar-refractivity contribution in [3.63, 3.8) is 0 Å². The number of aromatic nitrogens is 2. The number of aryl methyl sites for hydroxylation is 2. The van der Waals surface area contributed by atoms with Gasteiger partial charge in [-0.05, 0) is 55.3 Å². The number of anilines is 1. The largest absolute Gasteiger partial charge is 0.486 e. The highest BCUT2D eigenvalue weighted by Crippen LogP contribution is 2.23. The highest BCUT2D eigenvalue weighted by molar-refractivity contribution is 6.07. The number of methoxy groups -OCH3 is 1. The molecular weight excluding hydrogens is 406 g/mol. The molecule has 7 nitrogen and oxygen atoms in total. The standard InChI is InChI=1S/C25H23N3O4/c1-16-10-11-18(25(30)31-3)13-21(16)27-24(29)20-8-4-5-9-22(20)32-15-19-14-28-12-6-7-17(2)23(28)26-19/h4-14H,15H2,1-3H3,(H,27,29). The van der Waals surface area contributed by atoms with Crippen molar-refractivity contribution in [2.45, 2.75) is 20.5 Å². The molecule has 32 heavy (non-hydrogen) atoms. The van der Waals surface area contributed by atoms with E-state index in [1.165, 1.54) is 7.11 Å². The molecule has 2 aromatic heterocycles. The summed E-state index contributed by atoms with van der Waals surface area (Å²) in [5, 5.41) is 2.87. The van der Waals surface area contributed by atoms with Gasteiger partial charge < -0.3 is 19.2 Å². The van der Waals surface area contributed by atoms with Crippen molar-refractivity contribution in [1.29, 1.82) is 0 Å². The Bertz CT molecular complexity index is 1310. The molecule has 0 atom stereocenters. The zero-order chi connectivity index (χ0) is 22.7. The maximum Gasteiger partial charge on any atom is 0.337 e. The van der Waals surface area contributed by atoms with Gasteiger partial charge in [-0.2, -0.15) is 0 Å². The second-order valence-electron chi connectivity index (χ2n) is 7.41. The van der Waals surface area contributed by atoms with Crippen molar-refractivity contribution in [1.82, 2.24) is 9.38 Å². The maximum absolute atomic E-state index is 13.0. The fraction of sp³-hybridized carbons (Fsp3) is 0.160. The molecule has 0 spiro atoms. The number of benzene rings is 2. The minimum absolute atomic E-state index is 0.224.